The van der Waals surface area contributed by atoms with E-state index >= 15 is 0 Å². The molecule has 0 radical (unpaired) electrons. The Hall–Kier alpha value is -1.88. The van der Waals surface area contributed by atoms with E-state index in [1.165, 1.54) is 17.7 Å². The lowest BCUT2D eigenvalue weighted by Crippen LogP contribution is -2.30. The summed E-state index contributed by atoms with van der Waals surface area (Å²) >= 11 is 0. The molecule has 21 heavy (non-hydrogen) atoms. The van der Waals surface area contributed by atoms with Gasteiger partial charge in [0.05, 0.1) is 11.0 Å². The summed E-state index contributed by atoms with van der Waals surface area (Å²) in [6, 6.07) is 3.90. The Kier molecular flexibility index (Phi) is 3.24. The van der Waals surface area contributed by atoms with Gasteiger partial charge in [-0.15, -0.1) is 0 Å². The molecule has 0 bridgehead atoms. The molecule has 1 unspecified atom stereocenters. The van der Waals surface area contributed by atoms with E-state index in [0.29, 0.717) is 17.0 Å². The molecule has 1 aliphatic rings. The number of rotatable bonds is 1. The molecule has 1 aliphatic carbocycles. The van der Waals surface area contributed by atoms with Crippen LogP contribution in [0.5, 0.6) is 0 Å². The monoisotopic (exact) mass is 286 g/mol. The van der Waals surface area contributed by atoms with Gasteiger partial charge < -0.3 is 4.98 Å². The second-order valence-electron chi connectivity index (χ2n) is 6.99. The molecule has 2 aromatic heterocycles. The minimum atomic E-state index is -0.321. The minimum absolute atomic E-state index is 0.312. The van der Waals surface area contributed by atoms with Crippen LogP contribution in [0.1, 0.15) is 48.9 Å². The number of carbonyl (C=O) groups is 1. The number of nitrogen functional groups attached to an aromatic ring is 1. The van der Waals surface area contributed by atoms with Gasteiger partial charge in [0.25, 0.3) is 5.91 Å². The van der Waals surface area contributed by atoms with Gasteiger partial charge in [-0.2, -0.15) is 0 Å². The predicted molar refractivity (Wildman–Crippen MR) is 82.7 cm³/mol. The van der Waals surface area contributed by atoms with Crippen molar-refractivity contribution in [2.45, 2.75) is 40.0 Å². The van der Waals surface area contributed by atoms with Gasteiger partial charge in [0.15, 0.2) is 0 Å². The van der Waals surface area contributed by atoms with E-state index in [-0.39, 0.29) is 5.91 Å². The average molecular weight is 286 g/mol. The normalized spacial score (nSPS) is 18.6. The van der Waals surface area contributed by atoms with Crippen molar-refractivity contribution in [1.82, 2.24) is 15.4 Å². The molecular formula is C16H22N4O. The number of fused-ring (bicyclic) bond motifs is 2. The number of hydrogen-bond donors (Lipinski definition) is 3. The summed E-state index contributed by atoms with van der Waals surface area (Å²) in [5.41, 5.74) is 7.12. The predicted octanol–water partition coefficient (Wildman–Crippen LogP) is 2.32. The minimum Gasteiger partial charge on any atom is -0.349 e. The third kappa shape index (κ3) is 2.53. The molecule has 5 heteroatoms. The van der Waals surface area contributed by atoms with E-state index in [1.807, 2.05) is 0 Å². The van der Waals surface area contributed by atoms with Gasteiger partial charge in [0, 0.05) is 5.69 Å². The molecule has 3 rings (SSSR count). The molecule has 112 valence electrons. The molecule has 0 fully saturated rings. The van der Waals surface area contributed by atoms with Crippen LogP contribution in [-0.2, 0) is 12.8 Å². The molecule has 2 heterocycles. The summed E-state index contributed by atoms with van der Waals surface area (Å²) in [4.78, 5) is 19.4. The van der Waals surface area contributed by atoms with Gasteiger partial charge >= 0.3 is 0 Å². The number of pyridine rings is 1. The third-order valence-corrected chi connectivity index (χ3v) is 4.57. The van der Waals surface area contributed by atoms with E-state index in [2.05, 4.69) is 37.2 Å². The Morgan fingerprint density at radius 3 is 2.86 bits per heavy atom. The number of carbonyl (C=O) groups excluding carboxylic acids is 1. The second kappa shape index (κ2) is 4.84. The van der Waals surface area contributed by atoms with Crippen molar-refractivity contribution >= 4 is 16.9 Å². The van der Waals surface area contributed by atoms with Crippen LogP contribution in [0.2, 0.25) is 0 Å². The number of aryl methyl sites for hydroxylation is 1. The zero-order valence-electron chi connectivity index (χ0n) is 12.8. The number of H-pyrrole nitrogens is 1. The van der Waals surface area contributed by atoms with Crippen LogP contribution in [0, 0.1) is 11.3 Å². The molecule has 4 N–H and O–H groups in total. The molecule has 1 atom stereocenters. The van der Waals surface area contributed by atoms with Gasteiger partial charge in [0.2, 0.25) is 0 Å². The van der Waals surface area contributed by atoms with Crippen LogP contribution in [0.25, 0.3) is 11.0 Å². The van der Waals surface area contributed by atoms with Crippen molar-refractivity contribution in [1.29, 1.82) is 0 Å². The number of nitrogens with one attached hydrogen (secondary N) is 2. The van der Waals surface area contributed by atoms with Crippen LogP contribution < -0.4 is 11.3 Å². The summed E-state index contributed by atoms with van der Waals surface area (Å²) in [5, 5.41) is 0. The number of aromatic nitrogens is 2. The molecular weight excluding hydrogens is 264 g/mol. The molecule has 5 nitrogen and oxygen atoms in total. The first-order valence-electron chi connectivity index (χ1n) is 7.41. The highest BCUT2D eigenvalue weighted by Crippen LogP contribution is 2.37. The first-order chi connectivity index (χ1) is 9.88. The van der Waals surface area contributed by atoms with Crippen molar-refractivity contribution in [2.75, 3.05) is 0 Å². The standard InChI is InChI=1S/C16H22N4O/c1-16(2,3)10-4-5-11-9(6-10)7-12-13(18-11)8-14(19-12)15(21)20-17/h7-8,10,19H,4-6,17H2,1-3H3,(H,20,21). The molecule has 2 aromatic rings. The largest absolute Gasteiger partial charge is 0.349 e. The van der Waals surface area contributed by atoms with Crippen LogP contribution in [0.3, 0.4) is 0 Å². The van der Waals surface area contributed by atoms with Crippen LogP contribution in [0.4, 0.5) is 0 Å². The second-order valence-corrected chi connectivity index (χ2v) is 6.99. The van der Waals surface area contributed by atoms with Gasteiger partial charge in [-0.1, -0.05) is 20.8 Å². The Morgan fingerprint density at radius 1 is 1.43 bits per heavy atom. The van der Waals surface area contributed by atoms with Gasteiger partial charge in [-0.25, -0.2) is 5.84 Å². The molecule has 0 aliphatic heterocycles. The first kappa shape index (κ1) is 14.1. The van der Waals surface area contributed by atoms with E-state index in [9.17, 15) is 4.79 Å². The highest BCUT2D eigenvalue weighted by Gasteiger charge is 2.29. The highest BCUT2D eigenvalue weighted by molar-refractivity contribution is 5.96. The van der Waals surface area contributed by atoms with Gasteiger partial charge in [-0.3, -0.25) is 15.2 Å². The molecule has 0 saturated carbocycles. The number of nitrogens with zero attached hydrogens (tertiary/aromatic N) is 1. The van der Waals surface area contributed by atoms with Crippen molar-refractivity contribution in [3.8, 4) is 0 Å². The molecule has 1 amide bonds. The number of hydrogen-bond acceptors (Lipinski definition) is 3. The van der Waals surface area contributed by atoms with Gasteiger partial charge in [-0.05, 0) is 48.3 Å². The molecule has 0 saturated heterocycles. The zero-order valence-corrected chi connectivity index (χ0v) is 12.8. The summed E-state index contributed by atoms with van der Waals surface area (Å²) in [5.74, 6) is 5.53. The van der Waals surface area contributed by atoms with Crippen molar-refractivity contribution in [2.24, 2.45) is 17.2 Å². The zero-order chi connectivity index (χ0) is 15.2. The fraction of sp³-hybridized carbons (Fsp3) is 0.500. The average Bonchev–Trinajstić information content (AvgIpc) is 2.84. The maximum atomic E-state index is 11.6. The van der Waals surface area contributed by atoms with E-state index in [4.69, 9.17) is 10.8 Å². The Balaban J connectivity index is 1.99. The van der Waals surface area contributed by atoms with Crippen molar-refractivity contribution in [3.63, 3.8) is 0 Å². The summed E-state index contributed by atoms with van der Waals surface area (Å²) in [6.45, 7) is 6.90. The smallest absolute Gasteiger partial charge is 0.281 e. The number of amides is 1. The molecule has 0 spiro atoms. The molecule has 0 aromatic carbocycles. The summed E-state index contributed by atoms with van der Waals surface area (Å²) in [7, 11) is 0. The number of nitrogens with two attached hydrogens (primary N) is 1. The first-order valence-corrected chi connectivity index (χ1v) is 7.41. The number of aromatic amines is 1. The summed E-state index contributed by atoms with van der Waals surface area (Å²) < 4.78 is 0. The van der Waals surface area contributed by atoms with Crippen molar-refractivity contribution in [3.05, 3.63) is 29.1 Å². The van der Waals surface area contributed by atoms with E-state index in [0.717, 1.165) is 23.9 Å². The maximum absolute atomic E-state index is 11.6. The van der Waals surface area contributed by atoms with Crippen LogP contribution in [0.15, 0.2) is 12.1 Å². The topological polar surface area (TPSA) is 83.8 Å². The van der Waals surface area contributed by atoms with E-state index in [1.54, 1.807) is 6.07 Å². The lowest BCUT2D eigenvalue weighted by atomic mass is 9.71. The fourth-order valence-electron chi connectivity index (χ4n) is 3.15. The Labute approximate surface area is 124 Å². The quantitative estimate of drug-likeness (QED) is 0.427. The third-order valence-electron chi connectivity index (χ3n) is 4.57. The summed E-state index contributed by atoms with van der Waals surface area (Å²) in [6.07, 6.45) is 3.24. The maximum Gasteiger partial charge on any atom is 0.281 e. The van der Waals surface area contributed by atoms with Crippen molar-refractivity contribution < 1.29 is 4.79 Å². The number of hydrazine groups is 1. The Bertz CT molecular complexity index is 696. The fourth-order valence-corrected chi connectivity index (χ4v) is 3.15. The lowest BCUT2D eigenvalue weighted by molar-refractivity contribution is 0.0949. The van der Waals surface area contributed by atoms with Crippen LogP contribution in [-0.4, -0.2) is 15.9 Å². The van der Waals surface area contributed by atoms with E-state index < -0.39 is 0 Å². The van der Waals surface area contributed by atoms with Crippen LogP contribution >= 0.6 is 0 Å². The SMILES string of the molecule is CC(C)(C)C1CCc2nc3cc(C(=O)NN)[nH]c3cc2C1. The van der Waals surface area contributed by atoms with Gasteiger partial charge in [0.1, 0.15) is 5.69 Å². The lowest BCUT2D eigenvalue weighted by Gasteiger charge is -2.34. The Morgan fingerprint density at radius 2 is 2.19 bits per heavy atom. The highest BCUT2D eigenvalue weighted by atomic mass is 16.2.